The predicted molar refractivity (Wildman–Crippen MR) is 198 cm³/mol. The molecule has 10 nitrogen and oxygen atoms in total. The highest BCUT2D eigenvalue weighted by Crippen LogP contribution is 2.53. The van der Waals surface area contributed by atoms with Gasteiger partial charge in [0.05, 0.1) is 29.9 Å². The smallest absolute Gasteiger partial charge is 0.330 e. The quantitative estimate of drug-likeness (QED) is 0.0756. The lowest BCUT2D eigenvalue weighted by atomic mass is 9.84. The van der Waals surface area contributed by atoms with Crippen LogP contribution in [0.25, 0.3) is 0 Å². The van der Waals surface area contributed by atoms with Crippen LogP contribution in [-0.2, 0) is 23.3 Å². The Balaban J connectivity index is 1.61. The number of aromatic nitrogens is 2. The number of methoxy groups -OCH3 is 1. The van der Waals surface area contributed by atoms with Gasteiger partial charge in [0.1, 0.15) is 12.2 Å². The molecule has 0 bridgehead atoms. The average molecular weight is 717 g/mol. The molecular formula is C38H45N4O6PS. The van der Waals surface area contributed by atoms with Gasteiger partial charge in [0, 0.05) is 37.2 Å². The summed E-state index contributed by atoms with van der Waals surface area (Å²) in [5.41, 5.74) is 2.19. The van der Waals surface area contributed by atoms with Gasteiger partial charge in [-0.3, -0.25) is 14.3 Å². The lowest BCUT2D eigenvalue weighted by Crippen LogP contribution is -2.42. The number of benzene rings is 3. The lowest BCUT2D eigenvalue weighted by Gasteiger charge is -2.39. The van der Waals surface area contributed by atoms with Gasteiger partial charge in [-0.1, -0.05) is 91.0 Å². The van der Waals surface area contributed by atoms with E-state index in [4.69, 9.17) is 18.5 Å². The van der Waals surface area contributed by atoms with Gasteiger partial charge < -0.3 is 18.5 Å². The number of nitriles is 1. The Morgan fingerprint density at radius 2 is 1.44 bits per heavy atom. The van der Waals surface area contributed by atoms with E-state index in [-0.39, 0.29) is 25.1 Å². The zero-order chi connectivity index (χ0) is 35.7. The molecule has 1 unspecified atom stereocenters. The van der Waals surface area contributed by atoms with Gasteiger partial charge in [-0.25, -0.2) is 9.46 Å². The van der Waals surface area contributed by atoms with E-state index in [1.165, 1.54) is 16.8 Å². The highest BCUT2D eigenvalue weighted by molar-refractivity contribution is 8.00. The van der Waals surface area contributed by atoms with E-state index in [9.17, 15) is 14.9 Å². The maximum Gasteiger partial charge on any atom is 0.330 e. The first-order chi connectivity index (χ1) is 24.2. The van der Waals surface area contributed by atoms with Crippen molar-refractivity contribution in [2.24, 2.45) is 0 Å². The first-order valence-corrected chi connectivity index (χ1v) is 18.9. The lowest BCUT2D eigenvalue weighted by molar-refractivity contribution is -0.0505. The van der Waals surface area contributed by atoms with Gasteiger partial charge in [-0.05, 0) is 44.4 Å². The molecule has 0 amide bonds. The number of nitrogens with one attached hydrogen (secondary N) is 1. The largest absolute Gasteiger partial charge is 0.374 e. The fraction of sp³-hybridized carbons (Fsp3) is 0.395. The van der Waals surface area contributed by atoms with Crippen LogP contribution in [0.3, 0.4) is 0 Å². The van der Waals surface area contributed by atoms with Crippen LogP contribution in [0.4, 0.5) is 0 Å². The van der Waals surface area contributed by atoms with E-state index in [1.54, 1.807) is 18.9 Å². The van der Waals surface area contributed by atoms with Crippen LogP contribution < -0.4 is 11.2 Å². The normalized spacial score (nSPS) is 20.0. The molecule has 0 spiro atoms. The molecule has 1 aromatic heterocycles. The van der Waals surface area contributed by atoms with Crippen molar-refractivity contribution in [3.05, 3.63) is 141 Å². The Morgan fingerprint density at radius 1 is 0.900 bits per heavy atom. The average Bonchev–Trinajstić information content (AvgIpc) is 3.46. The first-order valence-electron chi connectivity index (χ1n) is 16.8. The van der Waals surface area contributed by atoms with Gasteiger partial charge in [-0.2, -0.15) is 5.26 Å². The van der Waals surface area contributed by atoms with Gasteiger partial charge in [0.15, 0.2) is 6.23 Å². The minimum atomic E-state index is -1.69. The van der Waals surface area contributed by atoms with Crippen LogP contribution in [0.15, 0.2) is 113 Å². The van der Waals surface area contributed by atoms with E-state index in [2.05, 4.69) is 79.8 Å². The van der Waals surface area contributed by atoms with E-state index in [1.807, 2.05) is 54.6 Å². The third kappa shape index (κ3) is 8.30. The zero-order valence-corrected chi connectivity index (χ0v) is 30.8. The third-order valence-corrected chi connectivity index (χ3v) is 12.3. The molecule has 0 radical (unpaired) electrons. The molecule has 0 aliphatic carbocycles. The number of thioether (sulfide) groups is 1. The highest BCUT2D eigenvalue weighted by Gasteiger charge is 2.51. The maximum atomic E-state index is 13.1. The van der Waals surface area contributed by atoms with Gasteiger partial charge in [0.2, 0.25) is 0 Å². The summed E-state index contributed by atoms with van der Waals surface area (Å²) in [6.07, 6.45) is -1.28. The second-order valence-electron chi connectivity index (χ2n) is 12.5. The Morgan fingerprint density at radius 3 is 1.90 bits per heavy atom. The summed E-state index contributed by atoms with van der Waals surface area (Å²) >= 11 is 1.72. The van der Waals surface area contributed by atoms with Crippen molar-refractivity contribution in [3.8, 4) is 6.07 Å². The second kappa shape index (κ2) is 17.6. The molecule has 1 aliphatic heterocycles. The van der Waals surface area contributed by atoms with Gasteiger partial charge in [0.25, 0.3) is 14.1 Å². The first kappa shape index (κ1) is 37.7. The number of ether oxygens (including phenoxy) is 2. The summed E-state index contributed by atoms with van der Waals surface area (Å²) < 4.78 is 29.0. The molecule has 4 aromatic rings. The van der Waals surface area contributed by atoms with Crippen LogP contribution >= 0.6 is 20.3 Å². The van der Waals surface area contributed by atoms with E-state index in [0.29, 0.717) is 5.75 Å². The van der Waals surface area contributed by atoms with Crippen LogP contribution in [-0.4, -0.2) is 64.1 Å². The second-order valence-corrected chi connectivity index (χ2v) is 15.1. The van der Waals surface area contributed by atoms with Crippen molar-refractivity contribution < 1.29 is 18.5 Å². The van der Waals surface area contributed by atoms with E-state index in [0.717, 1.165) is 16.7 Å². The van der Waals surface area contributed by atoms with Crippen LogP contribution in [0.5, 0.6) is 0 Å². The van der Waals surface area contributed by atoms with Crippen molar-refractivity contribution in [2.75, 3.05) is 19.5 Å². The van der Waals surface area contributed by atoms with Crippen LogP contribution in [0.2, 0.25) is 0 Å². The monoisotopic (exact) mass is 716 g/mol. The summed E-state index contributed by atoms with van der Waals surface area (Å²) in [6.45, 7) is 8.51. The Labute approximate surface area is 299 Å². The van der Waals surface area contributed by atoms with Crippen molar-refractivity contribution in [2.45, 2.75) is 75.5 Å². The Hall–Kier alpha value is -3.59. The zero-order valence-electron chi connectivity index (χ0n) is 29.0. The molecule has 1 fully saturated rings. The summed E-state index contributed by atoms with van der Waals surface area (Å²) in [4.78, 5) is 27.5. The fourth-order valence-electron chi connectivity index (χ4n) is 6.45. The number of hydrogen-bond donors (Lipinski definition) is 1. The van der Waals surface area contributed by atoms with Gasteiger partial charge in [-0.15, -0.1) is 11.8 Å². The van der Waals surface area contributed by atoms with E-state index >= 15 is 0 Å². The highest BCUT2D eigenvalue weighted by atomic mass is 32.2. The predicted octanol–water partition coefficient (Wildman–Crippen LogP) is 6.84. The number of H-pyrrole nitrogens is 1. The van der Waals surface area contributed by atoms with Gasteiger partial charge >= 0.3 is 5.69 Å². The topological polar surface area (TPSA) is 119 Å². The standard InChI is InChI=1S/C38H45N4O6PS/c1-27(2)42(28(3)4)49(46-25-15-23-39)48-34-32(47-36(35(34)45-5)41-24-22-33(43)40-37(41)44)26-50-38(29-16-9-6-10-17-29,30-18-11-7-12-19-30)31-20-13-8-14-21-31/h6-14,16-22,24,27-28,32,34-36H,15,25-26H2,1-5H3,(H,40,43,44)/t32-,34-,35-,36-,49?/m1/s1. The molecule has 5 atom stereocenters. The molecule has 1 N–H and O–H groups in total. The summed E-state index contributed by atoms with van der Waals surface area (Å²) in [7, 11) is -0.125. The summed E-state index contributed by atoms with van der Waals surface area (Å²) in [5.74, 6) is 0.433. The van der Waals surface area contributed by atoms with Crippen molar-refractivity contribution in [3.63, 3.8) is 0 Å². The number of rotatable bonds is 16. The molecule has 2 heterocycles. The molecule has 1 aliphatic rings. The molecule has 5 rings (SSSR count). The molecule has 264 valence electrons. The SMILES string of the molecule is CO[C@@H]1[C@H](OP(OCCC#N)N(C(C)C)C(C)C)[C@@H](CSC(c2ccccc2)(c2ccccc2)c2ccccc2)O[C@H]1n1ccc(=O)[nH]c1=O. The molecule has 1 saturated heterocycles. The summed E-state index contributed by atoms with van der Waals surface area (Å²) in [5, 5.41) is 9.30. The molecule has 12 heteroatoms. The van der Waals surface area contributed by atoms with Crippen molar-refractivity contribution in [1.82, 2.24) is 14.2 Å². The molecule has 3 aromatic carbocycles. The van der Waals surface area contributed by atoms with E-state index < -0.39 is 49.1 Å². The summed E-state index contributed by atoms with van der Waals surface area (Å²) in [6, 6.07) is 34.8. The Kier molecular flexibility index (Phi) is 13.2. The van der Waals surface area contributed by atoms with Crippen LogP contribution in [0, 0.1) is 11.3 Å². The molecular weight excluding hydrogens is 671 g/mol. The molecule has 0 saturated carbocycles. The Bertz CT molecular complexity index is 1700. The number of nitrogens with zero attached hydrogens (tertiary/aromatic N) is 3. The van der Waals surface area contributed by atoms with Crippen molar-refractivity contribution >= 4 is 20.3 Å². The number of hydrogen-bond acceptors (Lipinski definition) is 9. The van der Waals surface area contributed by atoms with Crippen molar-refractivity contribution in [1.29, 1.82) is 5.26 Å². The fourth-order valence-corrected chi connectivity index (χ4v) is 9.81. The van der Waals surface area contributed by atoms with Crippen LogP contribution in [0.1, 0.15) is 57.0 Å². The molecule has 50 heavy (non-hydrogen) atoms. The minimum Gasteiger partial charge on any atom is -0.374 e. The maximum absolute atomic E-state index is 13.1. The third-order valence-electron chi connectivity index (χ3n) is 8.56. The number of aromatic amines is 1. The minimum absolute atomic E-state index is 0.0684.